The van der Waals surface area contributed by atoms with E-state index in [-0.39, 0.29) is 11.8 Å². The molecule has 0 atom stereocenters. The van der Waals surface area contributed by atoms with Crippen LogP contribution in [0, 0.1) is 5.92 Å². The lowest BCUT2D eigenvalue weighted by Gasteiger charge is -2.32. The molecule has 0 radical (unpaired) electrons. The zero-order chi connectivity index (χ0) is 22.2. The summed E-state index contributed by atoms with van der Waals surface area (Å²) in [5.41, 5.74) is 2.24. The normalized spacial score (nSPS) is 17.2. The van der Waals surface area contributed by atoms with Gasteiger partial charge in [-0.15, -0.1) is 14.8 Å². The van der Waals surface area contributed by atoms with E-state index in [4.69, 9.17) is 9.97 Å². The number of amides is 1. The summed E-state index contributed by atoms with van der Waals surface area (Å²) in [6, 6.07) is 11.6. The molecule has 0 unspecified atom stereocenters. The highest BCUT2D eigenvalue weighted by molar-refractivity contribution is 5.95. The van der Waals surface area contributed by atoms with Gasteiger partial charge in [0.15, 0.2) is 23.1 Å². The minimum Gasteiger partial charge on any atom is -0.355 e. The third kappa shape index (κ3) is 3.79. The summed E-state index contributed by atoms with van der Waals surface area (Å²) in [6.45, 7) is 3.35. The number of nitrogens with one attached hydrogen (secondary N) is 1. The maximum absolute atomic E-state index is 13.2. The average Bonchev–Trinajstić information content (AvgIpc) is 3.55. The summed E-state index contributed by atoms with van der Waals surface area (Å²) in [5.74, 6) is 2.07. The highest BCUT2D eigenvalue weighted by atomic mass is 16.2. The van der Waals surface area contributed by atoms with E-state index in [2.05, 4.69) is 35.7 Å². The fraction of sp³-hybridized carbons (Fsp3) is 0.409. The number of fused-ring (bicyclic) bond motifs is 2. The Bertz CT molecular complexity index is 1310. The van der Waals surface area contributed by atoms with E-state index in [0.29, 0.717) is 11.5 Å². The second-order valence-electron chi connectivity index (χ2n) is 8.55. The number of hydrogen-bond acceptors (Lipinski definition) is 9. The first-order valence-electron chi connectivity index (χ1n) is 11.4. The molecule has 2 aliphatic rings. The number of anilines is 3. The molecule has 11 nitrogen and oxygen atoms in total. The molecule has 0 bridgehead atoms. The molecular weight excluding hydrogens is 420 g/mol. The predicted molar refractivity (Wildman–Crippen MR) is 123 cm³/mol. The third-order valence-corrected chi connectivity index (χ3v) is 6.44. The van der Waals surface area contributed by atoms with Crippen LogP contribution in [0.15, 0.2) is 36.4 Å². The van der Waals surface area contributed by atoms with E-state index < -0.39 is 0 Å². The summed E-state index contributed by atoms with van der Waals surface area (Å²) in [6.07, 6.45) is 3.73. The van der Waals surface area contributed by atoms with Crippen LogP contribution in [0.1, 0.15) is 25.7 Å². The molecule has 33 heavy (non-hydrogen) atoms. The van der Waals surface area contributed by atoms with Gasteiger partial charge in [0.25, 0.3) is 0 Å². The Hall–Kier alpha value is -3.89. The van der Waals surface area contributed by atoms with Gasteiger partial charge in [0.2, 0.25) is 5.91 Å². The number of rotatable bonds is 4. The quantitative estimate of drug-likeness (QED) is 0.504. The summed E-state index contributed by atoms with van der Waals surface area (Å²) in [5, 5.41) is 19.0. The van der Waals surface area contributed by atoms with Crippen LogP contribution in [0.2, 0.25) is 0 Å². The molecule has 1 aromatic carbocycles. The van der Waals surface area contributed by atoms with Crippen LogP contribution < -0.4 is 15.1 Å². The molecule has 1 amide bonds. The van der Waals surface area contributed by atoms with E-state index in [0.717, 1.165) is 74.5 Å². The second kappa shape index (κ2) is 8.23. The fourth-order valence-electron chi connectivity index (χ4n) is 4.62. The molecule has 5 heterocycles. The number of hydrogen-bond donors (Lipinski definition) is 1. The first-order chi connectivity index (χ1) is 16.2. The monoisotopic (exact) mass is 444 g/mol. The SMILES string of the molecule is O=C(Nc1nc2ccccc2nc1N1CCCC1)C1CCN(c2ccc3nnnn3n2)CC1. The van der Waals surface area contributed by atoms with Crippen molar-refractivity contribution >= 4 is 40.0 Å². The Morgan fingerprint density at radius 3 is 2.45 bits per heavy atom. The maximum atomic E-state index is 13.2. The number of para-hydroxylation sites is 2. The van der Waals surface area contributed by atoms with Gasteiger partial charge < -0.3 is 15.1 Å². The van der Waals surface area contributed by atoms with Crippen LogP contribution in [0.3, 0.4) is 0 Å². The van der Waals surface area contributed by atoms with E-state index >= 15 is 0 Å². The van der Waals surface area contributed by atoms with Crippen LogP contribution in [-0.4, -0.2) is 67.3 Å². The molecule has 1 N–H and O–H groups in total. The summed E-state index contributed by atoms with van der Waals surface area (Å²) in [4.78, 5) is 27.2. The van der Waals surface area contributed by atoms with Crippen LogP contribution in [-0.2, 0) is 4.79 Å². The molecule has 2 aliphatic heterocycles. The lowest BCUT2D eigenvalue weighted by atomic mass is 9.96. The molecule has 2 fully saturated rings. The number of nitrogens with zero attached hydrogens (tertiary/aromatic N) is 9. The Balaban J connectivity index is 1.18. The number of benzene rings is 1. The molecule has 168 valence electrons. The first-order valence-corrected chi connectivity index (χ1v) is 11.4. The number of carbonyl (C=O) groups excluding carboxylic acids is 1. The Morgan fingerprint density at radius 1 is 0.909 bits per heavy atom. The van der Waals surface area contributed by atoms with Gasteiger partial charge >= 0.3 is 0 Å². The van der Waals surface area contributed by atoms with Gasteiger partial charge in [-0.25, -0.2) is 9.97 Å². The number of carbonyl (C=O) groups is 1. The molecule has 4 aromatic rings. The van der Waals surface area contributed by atoms with Crippen LogP contribution in [0.25, 0.3) is 16.7 Å². The van der Waals surface area contributed by atoms with E-state index in [1.165, 1.54) is 4.63 Å². The van der Waals surface area contributed by atoms with E-state index in [9.17, 15) is 4.79 Å². The maximum Gasteiger partial charge on any atom is 0.228 e. The standard InChI is InChI=1S/C22H24N10O/c33-22(15-9-13-30(14-10-15)19-8-7-18-26-28-29-32(18)27-19)25-20-21(31-11-3-4-12-31)24-17-6-2-1-5-16(17)23-20/h1-2,5-8,15H,3-4,9-14H2,(H,23,25,33). The summed E-state index contributed by atoms with van der Waals surface area (Å²) >= 11 is 0. The van der Waals surface area contributed by atoms with Gasteiger partial charge in [-0.1, -0.05) is 12.1 Å². The molecule has 11 heteroatoms. The molecule has 0 saturated carbocycles. The van der Waals surface area contributed by atoms with Gasteiger partial charge in [0, 0.05) is 32.1 Å². The van der Waals surface area contributed by atoms with Gasteiger partial charge in [-0.2, -0.15) is 0 Å². The van der Waals surface area contributed by atoms with Crippen LogP contribution >= 0.6 is 0 Å². The molecular formula is C22H24N10O. The Kier molecular flexibility index (Phi) is 4.93. The third-order valence-electron chi connectivity index (χ3n) is 6.44. The zero-order valence-electron chi connectivity index (χ0n) is 18.1. The predicted octanol–water partition coefficient (Wildman–Crippen LogP) is 1.92. The molecule has 3 aromatic heterocycles. The lowest BCUT2D eigenvalue weighted by molar-refractivity contribution is -0.120. The van der Waals surface area contributed by atoms with Crippen molar-refractivity contribution in [2.75, 3.05) is 41.3 Å². The number of piperidine rings is 1. The van der Waals surface area contributed by atoms with E-state index in [1.54, 1.807) is 0 Å². The minimum atomic E-state index is -0.0854. The van der Waals surface area contributed by atoms with Crippen molar-refractivity contribution in [2.45, 2.75) is 25.7 Å². The molecule has 6 rings (SSSR count). The van der Waals surface area contributed by atoms with Crippen LogP contribution in [0.5, 0.6) is 0 Å². The smallest absolute Gasteiger partial charge is 0.228 e. The van der Waals surface area contributed by atoms with Crippen molar-refractivity contribution in [1.29, 1.82) is 0 Å². The van der Waals surface area contributed by atoms with Gasteiger partial charge in [0.1, 0.15) is 0 Å². The second-order valence-corrected chi connectivity index (χ2v) is 8.55. The highest BCUT2D eigenvalue weighted by Crippen LogP contribution is 2.29. The van der Waals surface area contributed by atoms with Crippen molar-refractivity contribution in [1.82, 2.24) is 35.2 Å². The number of aromatic nitrogens is 7. The zero-order valence-corrected chi connectivity index (χ0v) is 18.1. The van der Waals surface area contributed by atoms with Gasteiger partial charge in [0.05, 0.1) is 11.0 Å². The fourth-order valence-corrected chi connectivity index (χ4v) is 4.62. The topological polar surface area (TPSA) is 117 Å². The average molecular weight is 445 g/mol. The van der Waals surface area contributed by atoms with Crippen molar-refractivity contribution in [3.63, 3.8) is 0 Å². The minimum absolute atomic E-state index is 0.00330. The van der Waals surface area contributed by atoms with Gasteiger partial charge in [-0.3, -0.25) is 4.79 Å². The largest absolute Gasteiger partial charge is 0.355 e. The van der Waals surface area contributed by atoms with Crippen LogP contribution in [0.4, 0.5) is 17.5 Å². The Labute approximate surface area is 189 Å². The number of tetrazole rings is 1. The van der Waals surface area contributed by atoms with Crippen molar-refractivity contribution < 1.29 is 4.79 Å². The molecule has 0 aliphatic carbocycles. The van der Waals surface area contributed by atoms with Crippen molar-refractivity contribution in [3.05, 3.63) is 36.4 Å². The van der Waals surface area contributed by atoms with E-state index in [1.807, 2.05) is 36.4 Å². The molecule has 0 spiro atoms. The first kappa shape index (κ1) is 19.8. The van der Waals surface area contributed by atoms with Crippen molar-refractivity contribution in [3.8, 4) is 0 Å². The summed E-state index contributed by atoms with van der Waals surface area (Å²) in [7, 11) is 0. The highest BCUT2D eigenvalue weighted by Gasteiger charge is 2.28. The lowest BCUT2D eigenvalue weighted by Crippen LogP contribution is -2.39. The van der Waals surface area contributed by atoms with Gasteiger partial charge in [-0.05, 0) is 60.4 Å². The van der Waals surface area contributed by atoms with Crippen molar-refractivity contribution in [2.24, 2.45) is 5.92 Å². The Morgan fingerprint density at radius 2 is 1.67 bits per heavy atom. The summed E-state index contributed by atoms with van der Waals surface area (Å²) < 4.78 is 1.42. The molecule has 2 saturated heterocycles.